The van der Waals surface area contributed by atoms with Gasteiger partial charge in [-0.05, 0) is 37.3 Å². The highest BCUT2D eigenvalue weighted by Gasteiger charge is 2.27. The third-order valence-electron chi connectivity index (χ3n) is 3.96. The van der Waals surface area contributed by atoms with Crippen LogP contribution in [-0.4, -0.2) is 41.7 Å². The molecule has 110 valence electrons. The second-order valence-electron chi connectivity index (χ2n) is 5.68. The molecule has 1 heterocycles. The number of amides is 1. The summed E-state index contributed by atoms with van der Waals surface area (Å²) in [6.45, 7) is 7.21. The molecule has 1 amide bonds. The van der Waals surface area contributed by atoms with E-state index >= 15 is 0 Å². The molecule has 1 N–H and O–H groups in total. The van der Waals surface area contributed by atoms with Crippen LogP contribution in [0, 0.1) is 19.8 Å². The van der Waals surface area contributed by atoms with Crippen molar-refractivity contribution in [2.45, 2.75) is 33.3 Å². The van der Waals surface area contributed by atoms with Crippen molar-refractivity contribution < 1.29 is 14.6 Å². The van der Waals surface area contributed by atoms with Crippen molar-refractivity contribution in [1.82, 2.24) is 4.90 Å². The molecule has 1 saturated heterocycles. The van der Waals surface area contributed by atoms with E-state index in [1.165, 1.54) is 0 Å². The van der Waals surface area contributed by atoms with E-state index in [4.69, 9.17) is 4.74 Å². The van der Waals surface area contributed by atoms with Crippen LogP contribution in [0.4, 0.5) is 0 Å². The van der Waals surface area contributed by atoms with Crippen LogP contribution in [0.25, 0.3) is 0 Å². The second kappa shape index (κ2) is 6.27. The quantitative estimate of drug-likeness (QED) is 0.918. The Kier molecular flexibility index (Phi) is 4.65. The monoisotopic (exact) mass is 277 g/mol. The molecule has 0 bridgehead atoms. The average molecular weight is 277 g/mol. The first kappa shape index (κ1) is 14.9. The van der Waals surface area contributed by atoms with E-state index in [9.17, 15) is 9.90 Å². The van der Waals surface area contributed by atoms with Gasteiger partial charge < -0.3 is 14.7 Å². The summed E-state index contributed by atoms with van der Waals surface area (Å²) in [5.74, 6) is 0.922. The lowest BCUT2D eigenvalue weighted by molar-refractivity contribution is -0.136. The van der Waals surface area contributed by atoms with Gasteiger partial charge in [0.25, 0.3) is 5.91 Å². The standard InChI is InChI=1S/C16H23NO3/c1-11-5-4-6-12(2)16(11)20-10-15(19)17-8-7-14(18)13(3)9-17/h4-6,13-14,18H,7-10H2,1-3H3. The zero-order valence-corrected chi connectivity index (χ0v) is 12.4. The van der Waals surface area contributed by atoms with Crippen molar-refractivity contribution in [2.24, 2.45) is 5.92 Å². The van der Waals surface area contributed by atoms with Gasteiger partial charge >= 0.3 is 0 Å². The molecule has 1 aromatic rings. The van der Waals surface area contributed by atoms with Crippen molar-refractivity contribution in [1.29, 1.82) is 0 Å². The van der Waals surface area contributed by atoms with Crippen molar-refractivity contribution in [3.05, 3.63) is 29.3 Å². The molecule has 20 heavy (non-hydrogen) atoms. The number of aryl methyl sites for hydroxylation is 2. The summed E-state index contributed by atoms with van der Waals surface area (Å²) in [5.41, 5.74) is 2.08. The Balaban J connectivity index is 1.92. The lowest BCUT2D eigenvalue weighted by Crippen LogP contribution is -2.46. The number of benzene rings is 1. The maximum Gasteiger partial charge on any atom is 0.260 e. The number of hydrogen-bond acceptors (Lipinski definition) is 3. The van der Waals surface area contributed by atoms with Crippen molar-refractivity contribution >= 4 is 5.91 Å². The number of carbonyl (C=O) groups is 1. The zero-order valence-electron chi connectivity index (χ0n) is 12.4. The second-order valence-corrected chi connectivity index (χ2v) is 5.68. The van der Waals surface area contributed by atoms with Gasteiger partial charge in [-0.1, -0.05) is 25.1 Å². The molecular weight excluding hydrogens is 254 g/mol. The van der Waals surface area contributed by atoms with E-state index < -0.39 is 0 Å². The first-order valence-electron chi connectivity index (χ1n) is 7.14. The minimum Gasteiger partial charge on any atom is -0.483 e. The fourth-order valence-corrected chi connectivity index (χ4v) is 2.61. The van der Waals surface area contributed by atoms with Gasteiger partial charge in [0.2, 0.25) is 0 Å². The number of hydrogen-bond donors (Lipinski definition) is 1. The van der Waals surface area contributed by atoms with Crippen LogP contribution in [0.1, 0.15) is 24.5 Å². The van der Waals surface area contributed by atoms with Crippen molar-refractivity contribution in [2.75, 3.05) is 19.7 Å². The molecule has 0 aromatic heterocycles. The third-order valence-corrected chi connectivity index (χ3v) is 3.96. The first-order chi connectivity index (χ1) is 9.49. The molecule has 4 heteroatoms. The normalized spacial score (nSPS) is 22.7. The van der Waals surface area contributed by atoms with Gasteiger partial charge in [-0.3, -0.25) is 4.79 Å². The summed E-state index contributed by atoms with van der Waals surface area (Å²) in [6.07, 6.45) is 0.356. The lowest BCUT2D eigenvalue weighted by atomic mass is 9.97. The van der Waals surface area contributed by atoms with Gasteiger partial charge in [0.15, 0.2) is 6.61 Å². The topological polar surface area (TPSA) is 49.8 Å². The Morgan fingerprint density at radius 1 is 1.40 bits per heavy atom. The number of ether oxygens (including phenoxy) is 1. The summed E-state index contributed by atoms with van der Waals surface area (Å²) >= 11 is 0. The number of rotatable bonds is 3. The Hall–Kier alpha value is -1.55. The van der Waals surface area contributed by atoms with Crippen molar-refractivity contribution in [3.8, 4) is 5.75 Å². The van der Waals surface area contributed by atoms with Gasteiger partial charge in [0.1, 0.15) is 5.75 Å². The maximum absolute atomic E-state index is 12.2. The Morgan fingerprint density at radius 2 is 2.05 bits per heavy atom. The lowest BCUT2D eigenvalue weighted by Gasteiger charge is -2.34. The van der Waals surface area contributed by atoms with Crippen LogP contribution in [0.15, 0.2) is 18.2 Å². The fraction of sp³-hybridized carbons (Fsp3) is 0.562. The van der Waals surface area contributed by atoms with Gasteiger partial charge in [-0.2, -0.15) is 0 Å². The SMILES string of the molecule is Cc1cccc(C)c1OCC(=O)N1CCC(O)C(C)C1. The van der Waals surface area contributed by atoms with Crippen molar-refractivity contribution in [3.63, 3.8) is 0 Å². The summed E-state index contributed by atoms with van der Waals surface area (Å²) in [6, 6.07) is 5.94. The average Bonchev–Trinajstić information content (AvgIpc) is 2.41. The minimum atomic E-state index is -0.293. The molecule has 1 aliphatic rings. The molecule has 1 aliphatic heterocycles. The van der Waals surface area contributed by atoms with E-state index in [0.717, 1.165) is 16.9 Å². The van der Waals surface area contributed by atoms with Crippen LogP contribution >= 0.6 is 0 Å². The minimum absolute atomic E-state index is 0.00796. The molecule has 2 unspecified atom stereocenters. The van der Waals surface area contributed by atoms with Gasteiger partial charge in [0.05, 0.1) is 6.10 Å². The van der Waals surface area contributed by atoms with E-state index in [0.29, 0.717) is 19.5 Å². The van der Waals surface area contributed by atoms with Crippen LogP contribution in [0.3, 0.4) is 0 Å². The molecule has 1 aromatic carbocycles. The Bertz CT molecular complexity index is 466. The van der Waals surface area contributed by atoms with Gasteiger partial charge in [-0.25, -0.2) is 0 Å². The maximum atomic E-state index is 12.2. The highest BCUT2D eigenvalue weighted by molar-refractivity contribution is 5.78. The molecule has 1 fully saturated rings. The predicted octanol–water partition coefficient (Wildman–Crippen LogP) is 1.91. The fourth-order valence-electron chi connectivity index (χ4n) is 2.61. The van der Waals surface area contributed by atoms with Crippen LogP contribution < -0.4 is 4.74 Å². The van der Waals surface area contributed by atoms with E-state index in [1.807, 2.05) is 39.0 Å². The summed E-state index contributed by atoms with van der Waals surface area (Å²) in [5, 5.41) is 9.69. The number of para-hydroxylation sites is 1. The molecule has 2 rings (SSSR count). The third kappa shape index (κ3) is 3.31. The molecule has 2 atom stereocenters. The molecule has 0 radical (unpaired) electrons. The highest BCUT2D eigenvalue weighted by Crippen LogP contribution is 2.23. The molecule has 0 saturated carbocycles. The van der Waals surface area contributed by atoms with E-state index in [2.05, 4.69) is 0 Å². The Labute approximate surface area is 120 Å². The Morgan fingerprint density at radius 3 is 2.65 bits per heavy atom. The number of piperidine rings is 1. The summed E-state index contributed by atoms with van der Waals surface area (Å²) in [7, 11) is 0. The first-order valence-corrected chi connectivity index (χ1v) is 7.14. The van der Waals surface area contributed by atoms with E-state index in [1.54, 1.807) is 4.90 Å². The van der Waals surface area contributed by atoms with Crippen LogP contribution in [0.2, 0.25) is 0 Å². The predicted molar refractivity (Wildman–Crippen MR) is 77.8 cm³/mol. The molecule has 0 aliphatic carbocycles. The summed E-state index contributed by atoms with van der Waals surface area (Å²) < 4.78 is 5.69. The zero-order chi connectivity index (χ0) is 14.7. The molecule has 0 spiro atoms. The smallest absolute Gasteiger partial charge is 0.260 e. The number of likely N-dealkylation sites (tertiary alicyclic amines) is 1. The number of aliphatic hydroxyl groups excluding tert-OH is 1. The largest absolute Gasteiger partial charge is 0.483 e. The van der Waals surface area contributed by atoms with Gasteiger partial charge in [-0.15, -0.1) is 0 Å². The summed E-state index contributed by atoms with van der Waals surface area (Å²) in [4.78, 5) is 13.9. The van der Waals surface area contributed by atoms with Gasteiger partial charge in [0, 0.05) is 13.1 Å². The highest BCUT2D eigenvalue weighted by atomic mass is 16.5. The number of aliphatic hydroxyl groups is 1. The molecular formula is C16H23NO3. The number of carbonyl (C=O) groups excluding carboxylic acids is 1. The van der Waals surface area contributed by atoms with Crippen LogP contribution in [0.5, 0.6) is 5.75 Å². The molecule has 4 nitrogen and oxygen atoms in total. The number of nitrogens with zero attached hydrogens (tertiary/aromatic N) is 1. The van der Waals surface area contributed by atoms with Crippen LogP contribution in [-0.2, 0) is 4.79 Å². The van der Waals surface area contributed by atoms with E-state index in [-0.39, 0.29) is 24.5 Å².